The van der Waals surface area contributed by atoms with E-state index < -0.39 is 15.6 Å². The number of aryl methyl sites for hydroxylation is 1. The number of aliphatic hydroxyl groups is 1. The summed E-state index contributed by atoms with van der Waals surface area (Å²) in [5, 5.41) is 20.5. The number of thiophene rings is 1. The molecule has 162 valence electrons. The smallest absolute Gasteiger partial charge is 0.240 e. The van der Waals surface area contributed by atoms with E-state index in [0.717, 1.165) is 11.1 Å². The Morgan fingerprint density at radius 1 is 1.17 bits per heavy atom. The van der Waals surface area contributed by atoms with E-state index in [0.29, 0.717) is 19.0 Å². The Balaban J connectivity index is 0.00000420. The van der Waals surface area contributed by atoms with Crippen molar-refractivity contribution < 1.29 is 13.5 Å². The fraction of sp³-hybridized carbons (Fsp3) is 0.421. The van der Waals surface area contributed by atoms with E-state index in [9.17, 15) is 13.5 Å². The van der Waals surface area contributed by atoms with Crippen LogP contribution in [0.15, 0.2) is 51.0 Å². The molecule has 29 heavy (non-hydrogen) atoms. The van der Waals surface area contributed by atoms with Crippen LogP contribution in [0.25, 0.3) is 0 Å². The van der Waals surface area contributed by atoms with E-state index >= 15 is 0 Å². The second kappa shape index (κ2) is 11.8. The lowest BCUT2D eigenvalue weighted by atomic mass is 10.00. The molecule has 0 radical (unpaired) electrons. The molecule has 1 aromatic carbocycles. The third-order valence-corrected chi connectivity index (χ3v) is 6.23. The summed E-state index contributed by atoms with van der Waals surface area (Å²) in [6.45, 7) is 6.98. The molecular weight excluding hydrogens is 523 g/mol. The number of rotatable bonds is 9. The minimum atomic E-state index is -3.54. The van der Waals surface area contributed by atoms with Gasteiger partial charge in [0.2, 0.25) is 10.0 Å². The number of halogens is 1. The highest BCUT2D eigenvalue weighted by molar-refractivity contribution is 14.0. The molecule has 1 atom stereocenters. The number of nitrogens with one attached hydrogen (secondary N) is 3. The van der Waals surface area contributed by atoms with Gasteiger partial charge in [-0.15, -0.1) is 24.0 Å². The predicted octanol–water partition coefficient (Wildman–Crippen LogP) is 2.42. The van der Waals surface area contributed by atoms with Crippen LogP contribution in [0.2, 0.25) is 0 Å². The first-order valence-electron chi connectivity index (χ1n) is 9.08. The third kappa shape index (κ3) is 8.21. The average Bonchev–Trinajstić information content (AvgIpc) is 3.19. The maximum atomic E-state index is 12.3. The molecule has 0 bridgehead atoms. The lowest BCUT2D eigenvalue weighted by molar-refractivity contribution is 0.0677. The Bertz CT molecular complexity index is 867. The molecule has 0 aliphatic rings. The van der Waals surface area contributed by atoms with Gasteiger partial charge in [-0.25, -0.2) is 18.1 Å². The van der Waals surface area contributed by atoms with Gasteiger partial charge in [-0.2, -0.15) is 11.3 Å². The Morgan fingerprint density at radius 2 is 1.86 bits per heavy atom. The average molecular weight is 553 g/mol. The van der Waals surface area contributed by atoms with Gasteiger partial charge in [-0.1, -0.05) is 17.7 Å². The molecule has 1 heterocycles. The first-order valence-corrected chi connectivity index (χ1v) is 11.5. The predicted molar refractivity (Wildman–Crippen MR) is 130 cm³/mol. The summed E-state index contributed by atoms with van der Waals surface area (Å²) in [6.07, 6.45) is 0. The SMILES string of the molecule is CCNC(=NCC(C)(O)c1ccsc1)NCCNS(=O)(=O)c1ccc(C)cc1.I. The van der Waals surface area contributed by atoms with Gasteiger partial charge in [0.15, 0.2) is 5.96 Å². The summed E-state index contributed by atoms with van der Waals surface area (Å²) in [5.41, 5.74) is 0.767. The van der Waals surface area contributed by atoms with Crippen molar-refractivity contribution in [2.24, 2.45) is 4.99 Å². The molecule has 4 N–H and O–H groups in total. The summed E-state index contributed by atoms with van der Waals surface area (Å²) < 4.78 is 27.1. The Morgan fingerprint density at radius 3 is 2.45 bits per heavy atom. The molecule has 0 spiro atoms. The molecule has 2 aromatic rings. The molecule has 1 unspecified atom stereocenters. The van der Waals surface area contributed by atoms with Gasteiger partial charge in [0, 0.05) is 19.6 Å². The topological polar surface area (TPSA) is 103 Å². The molecule has 7 nitrogen and oxygen atoms in total. The largest absolute Gasteiger partial charge is 0.383 e. The van der Waals surface area contributed by atoms with Crippen LogP contribution in [0.4, 0.5) is 0 Å². The molecular formula is C19H29IN4O3S2. The highest BCUT2D eigenvalue weighted by atomic mass is 127. The maximum Gasteiger partial charge on any atom is 0.240 e. The molecule has 0 saturated heterocycles. The van der Waals surface area contributed by atoms with Gasteiger partial charge in [-0.05, 0) is 55.3 Å². The van der Waals surface area contributed by atoms with Crippen LogP contribution in [0.5, 0.6) is 0 Å². The van der Waals surface area contributed by atoms with E-state index in [1.165, 1.54) is 11.3 Å². The Labute approximate surface area is 194 Å². The minimum absolute atomic E-state index is 0. The second-order valence-corrected chi connectivity index (χ2v) is 9.17. The quantitative estimate of drug-likeness (QED) is 0.166. The van der Waals surface area contributed by atoms with Crippen molar-refractivity contribution in [2.75, 3.05) is 26.2 Å². The van der Waals surface area contributed by atoms with Crippen molar-refractivity contribution in [1.82, 2.24) is 15.4 Å². The summed E-state index contributed by atoms with van der Waals surface area (Å²) in [7, 11) is -3.54. The Hall–Kier alpha value is -1.21. The van der Waals surface area contributed by atoms with Gasteiger partial charge in [0.05, 0.1) is 11.4 Å². The van der Waals surface area contributed by atoms with Crippen LogP contribution in [-0.2, 0) is 15.6 Å². The summed E-state index contributed by atoms with van der Waals surface area (Å²) in [5.74, 6) is 0.521. The monoisotopic (exact) mass is 552 g/mol. The first kappa shape index (κ1) is 25.8. The number of nitrogens with zero attached hydrogens (tertiary/aromatic N) is 1. The van der Waals surface area contributed by atoms with Crippen LogP contribution in [0.1, 0.15) is 25.0 Å². The van der Waals surface area contributed by atoms with Crippen LogP contribution in [0, 0.1) is 6.92 Å². The zero-order valence-electron chi connectivity index (χ0n) is 16.8. The minimum Gasteiger partial charge on any atom is -0.383 e. The number of aliphatic imine (C=N–C) groups is 1. The normalized spacial score (nSPS) is 14.0. The van der Waals surface area contributed by atoms with Crippen LogP contribution >= 0.6 is 35.3 Å². The van der Waals surface area contributed by atoms with Crippen LogP contribution in [-0.4, -0.2) is 45.7 Å². The van der Waals surface area contributed by atoms with Crippen molar-refractivity contribution in [2.45, 2.75) is 31.3 Å². The van der Waals surface area contributed by atoms with Gasteiger partial charge < -0.3 is 15.7 Å². The van der Waals surface area contributed by atoms with Gasteiger partial charge in [0.25, 0.3) is 0 Å². The van der Waals surface area contributed by atoms with E-state index in [4.69, 9.17) is 0 Å². The zero-order chi connectivity index (χ0) is 20.6. The summed E-state index contributed by atoms with van der Waals surface area (Å²) in [4.78, 5) is 4.66. The van der Waals surface area contributed by atoms with Crippen molar-refractivity contribution in [1.29, 1.82) is 0 Å². The van der Waals surface area contributed by atoms with E-state index in [1.807, 2.05) is 30.7 Å². The standard InChI is InChI=1S/C19H28N4O3S2.HI/c1-4-20-18(22-14-19(3,24)16-9-12-27-13-16)21-10-11-23-28(25,26)17-7-5-15(2)6-8-17;/h5-9,12-13,23-24H,4,10-11,14H2,1-3H3,(H2,20,21,22);1H. The lowest BCUT2D eigenvalue weighted by Crippen LogP contribution is -2.42. The van der Waals surface area contributed by atoms with Crippen molar-refractivity contribution in [3.05, 3.63) is 52.2 Å². The van der Waals surface area contributed by atoms with Crippen molar-refractivity contribution in [3.63, 3.8) is 0 Å². The van der Waals surface area contributed by atoms with Crippen LogP contribution < -0.4 is 15.4 Å². The molecule has 0 saturated carbocycles. The summed E-state index contributed by atoms with van der Waals surface area (Å²) in [6, 6.07) is 8.58. The molecule has 0 aliphatic carbocycles. The maximum absolute atomic E-state index is 12.3. The third-order valence-electron chi connectivity index (χ3n) is 4.07. The first-order chi connectivity index (χ1) is 13.2. The molecule has 0 amide bonds. The Kier molecular flexibility index (Phi) is 10.5. The van der Waals surface area contributed by atoms with Gasteiger partial charge in [-0.3, -0.25) is 0 Å². The fourth-order valence-corrected chi connectivity index (χ4v) is 4.22. The highest BCUT2D eigenvalue weighted by Crippen LogP contribution is 2.23. The zero-order valence-corrected chi connectivity index (χ0v) is 20.8. The lowest BCUT2D eigenvalue weighted by Gasteiger charge is -2.21. The molecule has 2 rings (SSSR count). The van der Waals surface area contributed by atoms with Gasteiger partial charge >= 0.3 is 0 Å². The van der Waals surface area contributed by atoms with E-state index in [2.05, 4.69) is 20.3 Å². The van der Waals surface area contributed by atoms with E-state index in [-0.39, 0.29) is 42.0 Å². The number of sulfonamides is 1. The highest BCUT2D eigenvalue weighted by Gasteiger charge is 2.23. The second-order valence-electron chi connectivity index (χ2n) is 6.62. The molecule has 0 fully saturated rings. The fourth-order valence-electron chi connectivity index (χ4n) is 2.40. The van der Waals surface area contributed by atoms with Gasteiger partial charge in [0.1, 0.15) is 5.60 Å². The number of hydrogen-bond donors (Lipinski definition) is 4. The van der Waals surface area contributed by atoms with Crippen molar-refractivity contribution >= 4 is 51.3 Å². The number of benzene rings is 1. The molecule has 1 aromatic heterocycles. The van der Waals surface area contributed by atoms with E-state index in [1.54, 1.807) is 31.2 Å². The van der Waals surface area contributed by atoms with Crippen molar-refractivity contribution in [3.8, 4) is 0 Å². The molecule has 10 heteroatoms. The number of guanidine groups is 1. The van der Waals surface area contributed by atoms with Crippen LogP contribution in [0.3, 0.4) is 0 Å². The summed E-state index contributed by atoms with van der Waals surface area (Å²) >= 11 is 1.52. The molecule has 0 aliphatic heterocycles. The number of hydrogen-bond acceptors (Lipinski definition) is 5.